The molecular formula is C24H19F3N6O2S. The lowest BCUT2D eigenvalue weighted by atomic mass is 9.88. The summed E-state index contributed by atoms with van der Waals surface area (Å²) >= 11 is 1.47. The molecule has 6 rings (SSSR count). The fourth-order valence-corrected chi connectivity index (χ4v) is 5.55. The monoisotopic (exact) mass is 512 g/mol. The van der Waals surface area contributed by atoms with Crippen LogP contribution in [-0.4, -0.2) is 51.6 Å². The molecule has 0 atom stereocenters. The average Bonchev–Trinajstić information content (AvgIpc) is 3.53. The van der Waals surface area contributed by atoms with Gasteiger partial charge in [-0.15, -0.1) is 11.3 Å². The van der Waals surface area contributed by atoms with Gasteiger partial charge in [-0.1, -0.05) is 18.2 Å². The summed E-state index contributed by atoms with van der Waals surface area (Å²) in [6.45, 7) is -0.00365. The van der Waals surface area contributed by atoms with E-state index in [0.717, 1.165) is 10.2 Å². The van der Waals surface area contributed by atoms with Crippen molar-refractivity contribution in [3.63, 3.8) is 0 Å². The van der Waals surface area contributed by atoms with Crippen LogP contribution in [-0.2, 0) is 9.59 Å². The molecule has 4 aromatic rings. The Labute approximate surface area is 206 Å². The maximum absolute atomic E-state index is 13.4. The summed E-state index contributed by atoms with van der Waals surface area (Å²) in [7, 11) is 0. The van der Waals surface area contributed by atoms with E-state index in [0.29, 0.717) is 16.5 Å². The van der Waals surface area contributed by atoms with Crippen LogP contribution in [0.4, 0.5) is 19.1 Å². The second-order valence-corrected chi connectivity index (χ2v) is 9.85. The van der Waals surface area contributed by atoms with Crippen LogP contribution in [0.3, 0.4) is 0 Å². The number of benzene rings is 1. The molecule has 36 heavy (non-hydrogen) atoms. The van der Waals surface area contributed by atoms with Gasteiger partial charge in [-0.2, -0.15) is 13.2 Å². The molecule has 0 spiro atoms. The minimum absolute atomic E-state index is 0.00183. The Morgan fingerprint density at radius 1 is 1.00 bits per heavy atom. The van der Waals surface area contributed by atoms with Crippen LogP contribution in [0.5, 0.6) is 0 Å². The third-order valence-corrected chi connectivity index (χ3v) is 7.68. The number of aromatic amines is 1. The normalized spacial score (nSPS) is 18.5. The van der Waals surface area contributed by atoms with Crippen molar-refractivity contribution in [3.05, 3.63) is 53.2 Å². The molecule has 8 nitrogen and oxygen atoms in total. The van der Waals surface area contributed by atoms with Crippen LogP contribution in [0.15, 0.2) is 41.9 Å². The topological polar surface area (TPSA) is 117 Å². The number of carbonyl (C=O) groups is 2. The molecule has 5 heterocycles. The molecule has 3 aromatic heterocycles. The van der Waals surface area contributed by atoms with Crippen molar-refractivity contribution < 1.29 is 22.8 Å². The quantitative estimate of drug-likeness (QED) is 0.361. The molecular weight excluding hydrogens is 493 g/mol. The van der Waals surface area contributed by atoms with Crippen LogP contribution >= 0.6 is 11.3 Å². The van der Waals surface area contributed by atoms with Gasteiger partial charge in [0.2, 0.25) is 5.95 Å². The second-order valence-electron chi connectivity index (χ2n) is 8.93. The number of H-pyrrole nitrogens is 1. The SMILES string of the molecule is NC1(C(F)(F)F)CCN(c2nc(C3=C(c4c[nH]c5sccc45)C(=O)NC3=O)c3ccccc3n2)CC1. The molecule has 2 aliphatic rings. The zero-order valence-corrected chi connectivity index (χ0v) is 19.5. The predicted molar refractivity (Wildman–Crippen MR) is 130 cm³/mol. The average molecular weight is 513 g/mol. The van der Waals surface area contributed by atoms with Gasteiger partial charge in [0.15, 0.2) is 0 Å². The molecule has 1 aromatic carbocycles. The molecule has 12 heteroatoms. The number of hydrogen-bond acceptors (Lipinski definition) is 7. The van der Waals surface area contributed by atoms with Gasteiger partial charge in [-0.05, 0) is 30.4 Å². The lowest BCUT2D eigenvalue weighted by Crippen LogP contribution is -2.59. The van der Waals surface area contributed by atoms with Gasteiger partial charge in [0.05, 0.1) is 22.4 Å². The number of hydrogen-bond donors (Lipinski definition) is 3. The largest absolute Gasteiger partial charge is 0.406 e. The summed E-state index contributed by atoms with van der Waals surface area (Å²) in [6, 6.07) is 8.88. The number of nitrogens with zero attached hydrogens (tertiary/aromatic N) is 3. The van der Waals surface area contributed by atoms with Crippen molar-refractivity contribution in [1.82, 2.24) is 20.3 Å². The number of carbonyl (C=O) groups excluding carboxylic acids is 2. The number of para-hydroxylation sites is 1. The fraction of sp³-hybridized carbons (Fsp3) is 0.250. The molecule has 0 aliphatic carbocycles. The Morgan fingerprint density at radius 3 is 2.47 bits per heavy atom. The maximum atomic E-state index is 13.4. The number of anilines is 1. The summed E-state index contributed by atoms with van der Waals surface area (Å²) in [5.41, 5.74) is 5.00. The highest BCUT2D eigenvalue weighted by Crippen LogP contribution is 2.40. The number of thiophene rings is 1. The Balaban J connectivity index is 1.51. The van der Waals surface area contributed by atoms with Crippen molar-refractivity contribution in [2.75, 3.05) is 18.0 Å². The molecule has 1 saturated heterocycles. The molecule has 1 fully saturated rings. The van der Waals surface area contributed by atoms with Gasteiger partial charge in [0.25, 0.3) is 11.8 Å². The van der Waals surface area contributed by atoms with Gasteiger partial charge in [-0.3, -0.25) is 14.9 Å². The lowest BCUT2D eigenvalue weighted by Gasteiger charge is -2.40. The molecule has 0 radical (unpaired) electrons. The number of nitrogens with two attached hydrogens (primary N) is 1. The first-order valence-corrected chi connectivity index (χ1v) is 12.1. The van der Waals surface area contributed by atoms with E-state index in [1.54, 1.807) is 35.4 Å². The van der Waals surface area contributed by atoms with E-state index in [-0.39, 0.29) is 48.7 Å². The van der Waals surface area contributed by atoms with E-state index in [9.17, 15) is 22.8 Å². The van der Waals surface area contributed by atoms with Gasteiger partial charge in [0, 0.05) is 35.6 Å². The maximum Gasteiger partial charge on any atom is 0.406 e. The van der Waals surface area contributed by atoms with E-state index in [1.165, 1.54) is 11.3 Å². The fourth-order valence-electron chi connectivity index (χ4n) is 4.78. The first-order chi connectivity index (χ1) is 17.2. The molecule has 4 N–H and O–H groups in total. The van der Waals surface area contributed by atoms with Gasteiger partial charge >= 0.3 is 6.18 Å². The number of aromatic nitrogens is 3. The van der Waals surface area contributed by atoms with Crippen molar-refractivity contribution in [1.29, 1.82) is 0 Å². The van der Waals surface area contributed by atoms with Gasteiger partial charge in [0.1, 0.15) is 10.4 Å². The molecule has 0 bridgehead atoms. The van der Waals surface area contributed by atoms with Crippen molar-refractivity contribution >= 4 is 61.4 Å². The standard InChI is InChI=1S/C24H19F3N6O2S/c25-24(26,27)23(28)6-8-33(9-7-23)22-30-15-4-2-1-3-13(15)18(31-22)17-16(19(34)32-20(17)35)14-11-29-21-12(14)5-10-36-21/h1-5,10-11,29H,6-9,28H2,(H,32,34,35). The van der Waals surface area contributed by atoms with Crippen LogP contribution in [0.2, 0.25) is 0 Å². The summed E-state index contributed by atoms with van der Waals surface area (Å²) < 4.78 is 40.3. The van der Waals surface area contributed by atoms with Crippen molar-refractivity contribution in [2.24, 2.45) is 5.73 Å². The molecule has 0 unspecified atom stereocenters. The van der Waals surface area contributed by atoms with Gasteiger partial charge < -0.3 is 15.6 Å². The number of imide groups is 1. The molecule has 184 valence electrons. The first kappa shape index (κ1) is 22.7. The van der Waals surface area contributed by atoms with E-state index >= 15 is 0 Å². The summed E-state index contributed by atoms with van der Waals surface area (Å²) in [4.78, 5) is 40.8. The third kappa shape index (κ3) is 3.39. The Bertz CT molecular complexity index is 1580. The molecule has 2 aliphatic heterocycles. The molecule has 0 saturated carbocycles. The predicted octanol–water partition coefficient (Wildman–Crippen LogP) is 3.60. The zero-order valence-electron chi connectivity index (χ0n) is 18.6. The highest BCUT2D eigenvalue weighted by Gasteiger charge is 2.53. The van der Waals surface area contributed by atoms with E-state index < -0.39 is 23.5 Å². The Kier molecular flexibility index (Phi) is 4.96. The van der Waals surface area contributed by atoms with E-state index in [2.05, 4.69) is 20.3 Å². The van der Waals surface area contributed by atoms with Crippen LogP contribution in [0.25, 0.3) is 32.3 Å². The number of fused-ring (bicyclic) bond motifs is 2. The number of piperidine rings is 1. The number of amides is 2. The van der Waals surface area contributed by atoms with Gasteiger partial charge in [-0.25, -0.2) is 9.97 Å². The third-order valence-electron chi connectivity index (χ3n) is 6.83. The lowest BCUT2D eigenvalue weighted by molar-refractivity contribution is -0.191. The second kappa shape index (κ2) is 7.87. The van der Waals surface area contributed by atoms with Crippen molar-refractivity contribution in [2.45, 2.75) is 24.6 Å². The van der Waals surface area contributed by atoms with Crippen LogP contribution < -0.4 is 16.0 Å². The van der Waals surface area contributed by atoms with Crippen LogP contribution in [0, 0.1) is 0 Å². The summed E-state index contributed by atoms with van der Waals surface area (Å²) in [5.74, 6) is -0.949. The van der Waals surface area contributed by atoms with E-state index in [4.69, 9.17) is 5.73 Å². The number of nitrogens with one attached hydrogen (secondary N) is 2. The minimum atomic E-state index is -4.51. The number of rotatable bonds is 3. The zero-order chi connectivity index (χ0) is 25.2. The highest BCUT2D eigenvalue weighted by molar-refractivity contribution is 7.16. The van der Waals surface area contributed by atoms with Crippen LogP contribution in [0.1, 0.15) is 24.1 Å². The Hall–Kier alpha value is -3.77. The summed E-state index contributed by atoms with van der Waals surface area (Å²) in [5, 5.41) is 5.61. The minimum Gasteiger partial charge on any atom is -0.352 e. The van der Waals surface area contributed by atoms with Crippen molar-refractivity contribution in [3.8, 4) is 0 Å². The highest BCUT2D eigenvalue weighted by atomic mass is 32.1. The first-order valence-electron chi connectivity index (χ1n) is 11.2. The van der Waals surface area contributed by atoms with E-state index in [1.807, 2.05) is 11.4 Å². The summed E-state index contributed by atoms with van der Waals surface area (Å²) in [6.07, 6.45) is -3.45. The smallest absolute Gasteiger partial charge is 0.352 e. The number of alkyl halides is 3. The number of halogens is 3. The Morgan fingerprint density at radius 2 is 1.72 bits per heavy atom. The molecule has 2 amide bonds.